The van der Waals surface area contributed by atoms with E-state index in [2.05, 4.69) is 4.72 Å². The second-order valence-corrected chi connectivity index (χ2v) is 7.79. The summed E-state index contributed by atoms with van der Waals surface area (Å²) in [7, 11) is -3.48. The van der Waals surface area contributed by atoms with Gasteiger partial charge >= 0.3 is 0 Å². The molecule has 0 aliphatic heterocycles. The first-order valence-electron chi connectivity index (χ1n) is 5.48. The third kappa shape index (κ3) is 4.75. The van der Waals surface area contributed by atoms with Crippen LogP contribution in [0, 0.1) is 5.92 Å². The lowest BCUT2D eigenvalue weighted by Crippen LogP contribution is -2.41. The quantitative estimate of drug-likeness (QED) is 0.833. The minimum Gasteiger partial charge on any atom is -0.389 e. The maximum absolute atomic E-state index is 11.8. The average molecular weight is 277 g/mol. The first-order chi connectivity index (χ1) is 7.73. The highest BCUT2D eigenvalue weighted by Gasteiger charge is 2.25. The van der Waals surface area contributed by atoms with Gasteiger partial charge in [-0.05, 0) is 30.7 Å². The summed E-state index contributed by atoms with van der Waals surface area (Å²) >= 11 is 1.16. The molecule has 1 atom stereocenters. The van der Waals surface area contributed by atoms with Crippen molar-refractivity contribution in [3.8, 4) is 0 Å². The van der Waals surface area contributed by atoms with Crippen LogP contribution in [-0.2, 0) is 10.0 Å². The zero-order valence-corrected chi connectivity index (χ0v) is 11.9. The Kier molecular flexibility index (Phi) is 4.71. The molecule has 0 radical (unpaired) electrons. The normalized spacial score (nSPS) is 16.1. The first-order valence-corrected chi connectivity index (χ1v) is 7.85. The summed E-state index contributed by atoms with van der Waals surface area (Å²) in [6.07, 6.45) is 0.556. The highest BCUT2D eigenvalue weighted by Crippen LogP contribution is 2.18. The van der Waals surface area contributed by atoms with E-state index in [0.29, 0.717) is 12.3 Å². The fourth-order valence-corrected chi connectivity index (χ4v) is 3.89. The van der Waals surface area contributed by atoms with Gasteiger partial charge in [0, 0.05) is 6.54 Å². The van der Waals surface area contributed by atoms with Gasteiger partial charge in [0.05, 0.1) is 5.60 Å². The molecule has 1 unspecified atom stereocenters. The number of thiophene rings is 1. The van der Waals surface area contributed by atoms with Crippen LogP contribution in [0.15, 0.2) is 21.7 Å². The molecule has 17 heavy (non-hydrogen) atoms. The zero-order valence-electron chi connectivity index (χ0n) is 10.3. The Hall–Kier alpha value is -0.430. The van der Waals surface area contributed by atoms with E-state index in [9.17, 15) is 13.5 Å². The minimum atomic E-state index is -3.48. The summed E-state index contributed by atoms with van der Waals surface area (Å²) in [4.78, 5) is 0. The topological polar surface area (TPSA) is 66.4 Å². The Bertz CT molecular complexity index is 435. The molecule has 1 rings (SSSR count). The molecule has 0 aliphatic carbocycles. The number of hydrogen-bond donors (Lipinski definition) is 2. The largest absolute Gasteiger partial charge is 0.389 e. The van der Waals surface area contributed by atoms with Crippen LogP contribution < -0.4 is 4.72 Å². The maximum atomic E-state index is 11.8. The molecule has 2 N–H and O–H groups in total. The highest BCUT2D eigenvalue weighted by atomic mass is 32.2. The van der Waals surface area contributed by atoms with Crippen molar-refractivity contribution in [2.24, 2.45) is 5.92 Å². The van der Waals surface area contributed by atoms with Crippen LogP contribution in [0.1, 0.15) is 27.2 Å². The molecule has 0 aromatic carbocycles. The number of aliphatic hydroxyl groups is 1. The van der Waals surface area contributed by atoms with Gasteiger partial charge < -0.3 is 5.11 Å². The molecule has 1 aromatic heterocycles. The number of rotatable bonds is 6. The molecule has 0 saturated carbocycles. The molecular weight excluding hydrogens is 258 g/mol. The molecule has 0 bridgehead atoms. The van der Waals surface area contributed by atoms with Crippen molar-refractivity contribution >= 4 is 21.4 Å². The number of sulfonamides is 1. The fourth-order valence-electron chi connectivity index (χ4n) is 1.69. The van der Waals surface area contributed by atoms with E-state index in [0.717, 1.165) is 11.3 Å². The summed E-state index contributed by atoms with van der Waals surface area (Å²) in [6, 6.07) is 3.23. The SMILES string of the molecule is CC(C)CC(C)(O)CNS(=O)(=O)c1cccs1. The van der Waals surface area contributed by atoms with E-state index in [1.807, 2.05) is 13.8 Å². The average Bonchev–Trinajstić information content (AvgIpc) is 2.66. The minimum absolute atomic E-state index is 0.0331. The van der Waals surface area contributed by atoms with Gasteiger partial charge in [0.1, 0.15) is 4.21 Å². The standard InChI is InChI=1S/C11H19NO3S2/c1-9(2)7-11(3,13)8-12-17(14,15)10-5-4-6-16-10/h4-6,9,12-13H,7-8H2,1-3H3. The van der Waals surface area contributed by atoms with Crippen molar-refractivity contribution in [2.75, 3.05) is 6.54 Å². The van der Waals surface area contributed by atoms with E-state index in [1.54, 1.807) is 24.4 Å². The van der Waals surface area contributed by atoms with Crippen LogP contribution in [0.2, 0.25) is 0 Å². The van der Waals surface area contributed by atoms with Crippen molar-refractivity contribution in [3.63, 3.8) is 0 Å². The summed E-state index contributed by atoms with van der Waals surface area (Å²) < 4.78 is 26.3. The van der Waals surface area contributed by atoms with Gasteiger partial charge in [0.25, 0.3) is 0 Å². The van der Waals surface area contributed by atoms with E-state index < -0.39 is 15.6 Å². The third-order valence-electron chi connectivity index (χ3n) is 2.25. The molecule has 0 spiro atoms. The van der Waals surface area contributed by atoms with Gasteiger partial charge in [-0.25, -0.2) is 13.1 Å². The molecule has 1 aromatic rings. The van der Waals surface area contributed by atoms with E-state index in [1.165, 1.54) is 0 Å². The van der Waals surface area contributed by atoms with Crippen LogP contribution in [0.4, 0.5) is 0 Å². The van der Waals surface area contributed by atoms with Crippen molar-refractivity contribution < 1.29 is 13.5 Å². The lowest BCUT2D eigenvalue weighted by atomic mass is 9.95. The number of hydrogen-bond acceptors (Lipinski definition) is 4. The predicted octanol–water partition coefficient (Wildman–Crippen LogP) is 1.82. The smallest absolute Gasteiger partial charge is 0.250 e. The molecule has 0 fully saturated rings. The van der Waals surface area contributed by atoms with Crippen LogP contribution >= 0.6 is 11.3 Å². The summed E-state index contributed by atoms with van der Waals surface area (Å²) in [5.74, 6) is 0.316. The van der Waals surface area contributed by atoms with Crippen molar-refractivity contribution in [3.05, 3.63) is 17.5 Å². The Morgan fingerprint density at radius 2 is 2.18 bits per heavy atom. The molecule has 0 aliphatic rings. The van der Waals surface area contributed by atoms with Crippen LogP contribution in [0.5, 0.6) is 0 Å². The highest BCUT2D eigenvalue weighted by molar-refractivity contribution is 7.91. The molecular formula is C11H19NO3S2. The molecule has 4 nitrogen and oxygen atoms in total. The summed E-state index contributed by atoms with van der Waals surface area (Å²) in [6.45, 7) is 5.65. The van der Waals surface area contributed by atoms with Crippen LogP contribution in [-0.4, -0.2) is 25.7 Å². The van der Waals surface area contributed by atoms with E-state index in [4.69, 9.17) is 0 Å². The number of nitrogens with one attached hydrogen (secondary N) is 1. The lowest BCUT2D eigenvalue weighted by Gasteiger charge is -2.25. The second-order valence-electron chi connectivity index (χ2n) is 4.85. The van der Waals surface area contributed by atoms with Crippen LogP contribution in [0.25, 0.3) is 0 Å². The van der Waals surface area contributed by atoms with Gasteiger partial charge in [-0.2, -0.15) is 0 Å². The van der Waals surface area contributed by atoms with E-state index in [-0.39, 0.29) is 10.8 Å². The molecule has 98 valence electrons. The Morgan fingerprint density at radius 1 is 1.53 bits per heavy atom. The third-order valence-corrected chi connectivity index (χ3v) is 5.05. The van der Waals surface area contributed by atoms with Gasteiger partial charge in [-0.3, -0.25) is 0 Å². The monoisotopic (exact) mass is 277 g/mol. The van der Waals surface area contributed by atoms with Crippen molar-refractivity contribution in [1.29, 1.82) is 0 Å². The van der Waals surface area contributed by atoms with Gasteiger partial charge in [0.15, 0.2) is 0 Å². The fraction of sp³-hybridized carbons (Fsp3) is 0.636. The summed E-state index contributed by atoms with van der Waals surface area (Å²) in [5.41, 5.74) is -1.02. The van der Waals surface area contributed by atoms with Crippen molar-refractivity contribution in [1.82, 2.24) is 4.72 Å². The summed E-state index contributed by atoms with van der Waals surface area (Å²) in [5, 5.41) is 11.7. The Labute approximate surface area is 107 Å². The second kappa shape index (κ2) is 5.48. The predicted molar refractivity (Wildman–Crippen MR) is 69.6 cm³/mol. The Morgan fingerprint density at radius 3 is 2.65 bits per heavy atom. The van der Waals surface area contributed by atoms with Gasteiger partial charge in [-0.1, -0.05) is 19.9 Å². The maximum Gasteiger partial charge on any atom is 0.250 e. The van der Waals surface area contributed by atoms with E-state index >= 15 is 0 Å². The van der Waals surface area contributed by atoms with Crippen molar-refractivity contribution in [2.45, 2.75) is 37.0 Å². The lowest BCUT2D eigenvalue weighted by molar-refractivity contribution is 0.0437. The van der Waals surface area contributed by atoms with Gasteiger partial charge in [0.2, 0.25) is 10.0 Å². The first kappa shape index (κ1) is 14.6. The molecule has 6 heteroatoms. The zero-order chi connectivity index (χ0) is 13.1. The molecule has 0 saturated heterocycles. The molecule has 0 amide bonds. The van der Waals surface area contributed by atoms with Crippen LogP contribution in [0.3, 0.4) is 0 Å². The molecule has 1 heterocycles. The van der Waals surface area contributed by atoms with Gasteiger partial charge in [-0.15, -0.1) is 11.3 Å². The Balaban J connectivity index is 2.62.